The molecule has 0 bridgehead atoms. The van der Waals surface area contributed by atoms with Crippen molar-refractivity contribution in [1.82, 2.24) is 4.98 Å². The number of amides is 1. The first-order valence-corrected chi connectivity index (χ1v) is 5.32. The molecule has 0 spiro atoms. The van der Waals surface area contributed by atoms with E-state index in [0.717, 1.165) is 0 Å². The van der Waals surface area contributed by atoms with Gasteiger partial charge in [0.2, 0.25) is 5.91 Å². The van der Waals surface area contributed by atoms with Crippen LogP contribution < -0.4 is 4.90 Å². The molecule has 0 N–H and O–H groups in total. The monoisotopic (exact) mass is 238 g/mol. The SMILES string of the molecule is CCC(=O)N(C)c1nc2cc(Cl)ccc2o1. The molecule has 2 rings (SSSR count). The maximum atomic E-state index is 11.5. The van der Waals surface area contributed by atoms with E-state index in [-0.39, 0.29) is 5.91 Å². The maximum absolute atomic E-state index is 11.5. The molecule has 4 nitrogen and oxygen atoms in total. The van der Waals surface area contributed by atoms with Crippen LogP contribution >= 0.6 is 11.6 Å². The highest BCUT2D eigenvalue weighted by Crippen LogP contribution is 2.24. The Morgan fingerprint density at radius 1 is 1.56 bits per heavy atom. The van der Waals surface area contributed by atoms with Gasteiger partial charge in [0.1, 0.15) is 5.52 Å². The predicted molar refractivity (Wildman–Crippen MR) is 62.7 cm³/mol. The minimum absolute atomic E-state index is 0.0438. The van der Waals surface area contributed by atoms with Gasteiger partial charge in [0, 0.05) is 18.5 Å². The second-order valence-electron chi connectivity index (χ2n) is 3.41. The first-order valence-electron chi connectivity index (χ1n) is 4.94. The summed E-state index contributed by atoms with van der Waals surface area (Å²) in [5.74, 6) is -0.0438. The lowest BCUT2D eigenvalue weighted by Gasteiger charge is -2.09. The number of hydrogen-bond donors (Lipinski definition) is 0. The lowest BCUT2D eigenvalue weighted by molar-refractivity contribution is -0.118. The van der Waals surface area contributed by atoms with Crippen LogP contribution in [-0.4, -0.2) is 17.9 Å². The third-order valence-electron chi connectivity index (χ3n) is 2.30. The molecule has 0 atom stereocenters. The van der Waals surface area contributed by atoms with Crippen molar-refractivity contribution < 1.29 is 9.21 Å². The molecule has 0 aliphatic carbocycles. The van der Waals surface area contributed by atoms with Gasteiger partial charge in [0.25, 0.3) is 0 Å². The predicted octanol–water partition coefficient (Wildman–Crippen LogP) is 2.85. The zero-order chi connectivity index (χ0) is 11.7. The van der Waals surface area contributed by atoms with Crippen LogP contribution in [0.25, 0.3) is 11.1 Å². The molecular weight excluding hydrogens is 228 g/mol. The van der Waals surface area contributed by atoms with Crippen LogP contribution in [0.3, 0.4) is 0 Å². The fraction of sp³-hybridized carbons (Fsp3) is 0.273. The molecule has 5 heteroatoms. The summed E-state index contributed by atoms with van der Waals surface area (Å²) >= 11 is 5.84. The normalized spacial score (nSPS) is 10.7. The number of fused-ring (bicyclic) bond motifs is 1. The molecule has 1 aromatic carbocycles. The third kappa shape index (κ3) is 1.88. The molecule has 0 saturated carbocycles. The van der Waals surface area contributed by atoms with Crippen molar-refractivity contribution >= 4 is 34.6 Å². The second-order valence-corrected chi connectivity index (χ2v) is 3.85. The second kappa shape index (κ2) is 4.14. The fourth-order valence-corrected chi connectivity index (χ4v) is 1.54. The lowest BCUT2D eigenvalue weighted by Crippen LogP contribution is -2.25. The van der Waals surface area contributed by atoms with Crippen LogP contribution in [0.5, 0.6) is 0 Å². The van der Waals surface area contributed by atoms with E-state index in [9.17, 15) is 4.79 Å². The summed E-state index contributed by atoms with van der Waals surface area (Å²) in [6.45, 7) is 1.79. The van der Waals surface area contributed by atoms with Gasteiger partial charge in [-0.2, -0.15) is 4.98 Å². The highest BCUT2D eigenvalue weighted by Gasteiger charge is 2.15. The van der Waals surface area contributed by atoms with Crippen LogP contribution in [0.15, 0.2) is 22.6 Å². The Hall–Kier alpha value is -1.55. The number of carbonyl (C=O) groups is 1. The van der Waals surface area contributed by atoms with Gasteiger partial charge < -0.3 is 4.42 Å². The van der Waals surface area contributed by atoms with E-state index < -0.39 is 0 Å². The third-order valence-corrected chi connectivity index (χ3v) is 2.54. The number of anilines is 1. The van der Waals surface area contributed by atoms with Crippen LogP contribution in [0, 0.1) is 0 Å². The van der Waals surface area contributed by atoms with Crippen molar-refractivity contribution in [3.8, 4) is 0 Å². The number of aromatic nitrogens is 1. The molecule has 0 unspecified atom stereocenters. The Labute approximate surface area is 97.8 Å². The van der Waals surface area contributed by atoms with Crippen LogP contribution in [0.4, 0.5) is 6.01 Å². The van der Waals surface area contributed by atoms with Crippen molar-refractivity contribution in [2.75, 3.05) is 11.9 Å². The quantitative estimate of drug-likeness (QED) is 0.808. The number of carbonyl (C=O) groups excluding carboxylic acids is 1. The Kier molecular flexibility index (Phi) is 2.83. The highest BCUT2D eigenvalue weighted by atomic mass is 35.5. The number of oxazole rings is 1. The molecule has 2 aromatic rings. The maximum Gasteiger partial charge on any atom is 0.304 e. The van der Waals surface area contributed by atoms with E-state index in [0.29, 0.717) is 28.6 Å². The highest BCUT2D eigenvalue weighted by molar-refractivity contribution is 6.31. The van der Waals surface area contributed by atoms with Gasteiger partial charge in [-0.05, 0) is 18.2 Å². The van der Waals surface area contributed by atoms with Crippen molar-refractivity contribution in [2.45, 2.75) is 13.3 Å². The fourth-order valence-electron chi connectivity index (χ4n) is 1.38. The number of hydrogen-bond acceptors (Lipinski definition) is 3. The van der Waals surface area contributed by atoms with Gasteiger partial charge in [-0.1, -0.05) is 18.5 Å². The summed E-state index contributed by atoms with van der Waals surface area (Å²) in [7, 11) is 1.64. The minimum atomic E-state index is -0.0438. The molecule has 0 aliphatic heterocycles. The van der Waals surface area contributed by atoms with Gasteiger partial charge in [-0.3, -0.25) is 9.69 Å². The summed E-state index contributed by atoms with van der Waals surface area (Å²) in [6.07, 6.45) is 0.413. The molecule has 0 saturated heterocycles. The summed E-state index contributed by atoms with van der Waals surface area (Å²) in [5, 5.41) is 0.594. The number of nitrogens with zero attached hydrogens (tertiary/aromatic N) is 2. The average molecular weight is 239 g/mol. The minimum Gasteiger partial charge on any atom is -0.423 e. The summed E-state index contributed by atoms with van der Waals surface area (Å²) in [6, 6.07) is 5.46. The standard InChI is InChI=1S/C11H11ClN2O2/c1-3-10(15)14(2)11-13-8-6-7(12)4-5-9(8)16-11/h4-6H,3H2,1-2H3. The Morgan fingerprint density at radius 2 is 2.31 bits per heavy atom. The molecule has 16 heavy (non-hydrogen) atoms. The smallest absolute Gasteiger partial charge is 0.304 e. The molecule has 0 fully saturated rings. The van der Waals surface area contributed by atoms with Gasteiger partial charge in [-0.15, -0.1) is 0 Å². The van der Waals surface area contributed by atoms with Gasteiger partial charge in [0.15, 0.2) is 5.58 Å². The van der Waals surface area contributed by atoms with Crippen LogP contribution in [0.2, 0.25) is 5.02 Å². The van der Waals surface area contributed by atoms with Crippen molar-refractivity contribution in [1.29, 1.82) is 0 Å². The molecule has 1 aromatic heterocycles. The molecule has 0 aliphatic rings. The van der Waals surface area contributed by atoms with Gasteiger partial charge in [0.05, 0.1) is 0 Å². The van der Waals surface area contributed by atoms with Crippen LogP contribution in [-0.2, 0) is 4.79 Å². The topological polar surface area (TPSA) is 46.3 Å². The van der Waals surface area contributed by atoms with E-state index in [4.69, 9.17) is 16.0 Å². The summed E-state index contributed by atoms with van der Waals surface area (Å²) in [5.41, 5.74) is 1.27. The Bertz CT molecular complexity index is 536. The van der Waals surface area contributed by atoms with E-state index in [1.807, 2.05) is 0 Å². The van der Waals surface area contributed by atoms with E-state index in [2.05, 4.69) is 4.98 Å². The number of halogens is 1. The Balaban J connectivity index is 2.43. The zero-order valence-corrected chi connectivity index (χ0v) is 9.78. The first-order chi connectivity index (χ1) is 7.61. The van der Waals surface area contributed by atoms with E-state index >= 15 is 0 Å². The van der Waals surface area contributed by atoms with E-state index in [1.54, 1.807) is 32.2 Å². The van der Waals surface area contributed by atoms with E-state index in [1.165, 1.54) is 4.90 Å². The zero-order valence-electron chi connectivity index (χ0n) is 9.03. The number of benzene rings is 1. The van der Waals surface area contributed by atoms with Gasteiger partial charge in [-0.25, -0.2) is 0 Å². The molecule has 84 valence electrons. The average Bonchev–Trinajstić information content (AvgIpc) is 2.69. The lowest BCUT2D eigenvalue weighted by atomic mass is 10.3. The summed E-state index contributed by atoms with van der Waals surface area (Å²) < 4.78 is 5.44. The van der Waals surface area contributed by atoms with Crippen molar-refractivity contribution in [3.05, 3.63) is 23.2 Å². The van der Waals surface area contributed by atoms with Crippen LogP contribution in [0.1, 0.15) is 13.3 Å². The Morgan fingerprint density at radius 3 is 3.00 bits per heavy atom. The summed E-state index contributed by atoms with van der Waals surface area (Å²) in [4.78, 5) is 17.0. The first kappa shape index (κ1) is 11.0. The van der Waals surface area contributed by atoms with Gasteiger partial charge >= 0.3 is 6.01 Å². The largest absolute Gasteiger partial charge is 0.423 e. The molecular formula is C11H11ClN2O2. The number of rotatable bonds is 2. The molecule has 0 radical (unpaired) electrons. The molecule has 1 heterocycles. The van der Waals surface area contributed by atoms with Crippen molar-refractivity contribution in [2.24, 2.45) is 0 Å². The molecule has 1 amide bonds. The van der Waals surface area contributed by atoms with Crippen molar-refractivity contribution in [3.63, 3.8) is 0 Å².